The van der Waals surface area contributed by atoms with Gasteiger partial charge in [-0.15, -0.1) is 13.2 Å². The summed E-state index contributed by atoms with van der Waals surface area (Å²) in [5.41, 5.74) is 0.278. The zero-order valence-corrected chi connectivity index (χ0v) is 13.8. The highest BCUT2D eigenvalue weighted by atomic mass is 19.4. The van der Waals surface area contributed by atoms with Crippen molar-refractivity contribution in [2.24, 2.45) is 5.92 Å². The topological polar surface area (TPSA) is 64.6 Å². The first-order valence-electron chi connectivity index (χ1n) is 8.12. The molecule has 5 nitrogen and oxygen atoms in total. The Morgan fingerprint density at radius 1 is 1.12 bits per heavy atom. The van der Waals surface area contributed by atoms with Crippen LogP contribution in [-0.4, -0.2) is 24.3 Å². The van der Waals surface area contributed by atoms with E-state index in [0.717, 1.165) is 44.2 Å². The van der Waals surface area contributed by atoms with Gasteiger partial charge in [-0.25, -0.2) is 0 Å². The highest BCUT2D eigenvalue weighted by Gasteiger charge is 2.31. The molecule has 0 radical (unpaired) electrons. The number of ether oxygens (including phenoxy) is 2. The van der Waals surface area contributed by atoms with Gasteiger partial charge in [0.15, 0.2) is 6.10 Å². The number of rotatable bonds is 5. The van der Waals surface area contributed by atoms with Gasteiger partial charge in [-0.2, -0.15) is 0 Å². The number of anilines is 1. The molecule has 1 amide bonds. The van der Waals surface area contributed by atoms with Crippen LogP contribution in [0.2, 0.25) is 0 Å². The molecule has 1 aromatic rings. The van der Waals surface area contributed by atoms with E-state index in [-0.39, 0.29) is 23.3 Å². The van der Waals surface area contributed by atoms with Gasteiger partial charge in [0, 0.05) is 5.69 Å². The maximum Gasteiger partial charge on any atom is 0.573 e. The minimum absolute atomic E-state index is 0.164. The van der Waals surface area contributed by atoms with Crippen molar-refractivity contribution in [1.29, 1.82) is 0 Å². The lowest BCUT2D eigenvalue weighted by molar-refractivity contribution is -0.274. The highest BCUT2D eigenvalue weighted by Crippen LogP contribution is 2.26. The molecular weight excluding hydrogens is 339 g/mol. The summed E-state index contributed by atoms with van der Waals surface area (Å²) in [4.78, 5) is 24.1. The zero-order valence-electron chi connectivity index (χ0n) is 13.8. The molecule has 0 bridgehead atoms. The lowest BCUT2D eigenvalue weighted by atomic mass is 9.89. The Balaban J connectivity index is 1.84. The van der Waals surface area contributed by atoms with Crippen LogP contribution in [-0.2, 0) is 14.3 Å². The van der Waals surface area contributed by atoms with Crippen LogP contribution in [0.3, 0.4) is 0 Å². The molecule has 1 aliphatic carbocycles. The van der Waals surface area contributed by atoms with Crippen molar-refractivity contribution in [1.82, 2.24) is 0 Å². The summed E-state index contributed by atoms with van der Waals surface area (Å²) in [6.45, 7) is 1.46. The van der Waals surface area contributed by atoms with E-state index in [2.05, 4.69) is 10.1 Å². The standard InChI is InChI=1S/C17H20F3NO4/c1-11(24-16(23)12-5-3-2-4-6-12)15(22)21-13-7-9-14(10-8-13)25-17(18,19)20/h7-12H,2-6H2,1H3,(H,21,22). The third-order valence-corrected chi connectivity index (χ3v) is 3.96. The van der Waals surface area contributed by atoms with E-state index in [4.69, 9.17) is 4.74 Å². The molecule has 0 heterocycles. The summed E-state index contributed by atoms with van der Waals surface area (Å²) >= 11 is 0. The van der Waals surface area contributed by atoms with Crippen molar-refractivity contribution >= 4 is 17.6 Å². The molecule has 1 unspecified atom stereocenters. The molecule has 1 atom stereocenters. The molecule has 138 valence electrons. The molecule has 0 aromatic heterocycles. The van der Waals surface area contributed by atoms with Gasteiger partial charge in [0.05, 0.1) is 5.92 Å². The minimum atomic E-state index is -4.77. The average molecular weight is 359 g/mol. The van der Waals surface area contributed by atoms with Crippen molar-refractivity contribution in [2.45, 2.75) is 51.5 Å². The fraction of sp³-hybridized carbons (Fsp3) is 0.529. The molecule has 1 fully saturated rings. The smallest absolute Gasteiger partial charge is 0.452 e. The predicted octanol–water partition coefficient (Wildman–Crippen LogP) is 4.04. The van der Waals surface area contributed by atoms with E-state index in [1.807, 2.05) is 0 Å². The van der Waals surface area contributed by atoms with E-state index in [1.54, 1.807) is 0 Å². The Bertz CT molecular complexity index is 595. The summed E-state index contributed by atoms with van der Waals surface area (Å²) in [6, 6.07) is 4.72. The molecule has 0 saturated heterocycles. The summed E-state index contributed by atoms with van der Waals surface area (Å²) in [5, 5.41) is 2.49. The molecule has 0 aliphatic heterocycles. The molecule has 2 rings (SSSR count). The van der Waals surface area contributed by atoms with Gasteiger partial charge in [-0.1, -0.05) is 19.3 Å². The number of benzene rings is 1. The second kappa shape index (κ2) is 8.22. The van der Waals surface area contributed by atoms with Crippen LogP contribution in [0.5, 0.6) is 5.75 Å². The molecule has 1 aliphatic rings. The Morgan fingerprint density at radius 2 is 1.72 bits per heavy atom. The first-order chi connectivity index (χ1) is 11.7. The lowest BCUT2D eigenvalue weighted by Gasteiger charge is -2.22. The van der Waals surface area contributed by atoms with Gasteiger partial charge in [0.25, 0.3) is 5.91 Å². The molecule has 1 aromatic carbocycles. The maximum atomic E-state index is 12.1. The Morgan fingerprint density at radius 3 is 2.28 bits per heavy atom. The van der Waals surface area contributed by atoms with Crippen molar-refractivity contribution in [3.05, 3.63) is 24.3 Å². The fourth-order valence-electron chi connectivity index (χ4n) is 2.65. The molecule has 1 saturated carbocycles. The van der Waals surface area contributed by atoms with Crippen molar-refractivity contribution in [2.75, 3.05) is 5.32 Å². The van der Waals surface area contributed by atoms with E-state index in [0.29, 0.717) is 0 Å². The summed E-state index contributed by atoms with van der Waals surface area (Å²) in [5.74, 6) is -1.48. The number of carbonyl (C=O) groups excluding carboxylic acids is 2. The number of nitrogens with one attached hydrogen (secondary N) is 1. The Kier molecular flexibility index (Phi) is 6.27. The number of carbonyl (C=O) groups is 2. The molecule has 0 spiro atoms. The maximum absolute atomic E-state index is 12.1. The third-order valence-electron chi connectivity index (χ3n) is 3.96. The SMILES string of the molecule is CC(OC(=O)C1CCCCC1)C(=O)Nc1ccc(OC(F)(F)F)cc1. The second-order valence-electron chi connectivity index (χ2n) is 5.98. The highest BCUT2D eigenvalue weighted by molar-refractivity contribution is 5.95. The van der Waals surface area contributed by atoms with Crippen LogP contribution in [0.25, 0.3) is 0 Å². The first-order valence-corrected chi connectivity index (χ1v) is 8.12. The lowest BCUT2D eigenvalue weighted by Crippen LogP contribution is -2.32. The molecule has 8 heteroatoms. The summed E-state index contributed by atoms with van der Waals surface area (Å²) in [6.07, 6.45) is -1.15. The summed E-state index contributed by atoms with van der Waals surface area (Å²) in [7, 11) is 0. The van der Waals surface area contributed by atoms with Gasteiger partial charge in [0.2, 0.25) is 0 Å². The van der Waals surface area contributed by atoms with E-state index in [9.17, 15) is 22.8 Å². The van der Waals surface area contributed by atoms with Gasteiger partial charge >= 0.3 is 12.3 Å². The monoisotopic (exact) mass is 359 g/mol. The predicted molar refractivity (Wildman–Crippen MR) is 83.9 cm³/mol. The first kappa shape index (κ1) is 19.1. The number of amides is 1. The van der Waals surface area contributed by atoms with E-state index < -0.39 is 18.4 Å². The molecular formula is C17H20F3NO4. The van der Waals surface area contributed by atoms with Crippen molar-refractivity contribution < 1.29 is 32.2 Å². The quantitative estimate of drug-likeness (QED) is 0.806. The van der Waals surface area contributed by atoms with Crippen LogP contribution < -0.4 is 10.1 Å². The van der Waals surface area contributed by atoms with E-state index in [1.165, 1.54) is 19.1 Å². The summed E-state index contributed by atoms with van der Waals surface area (Å²) < 4.78 is 45.2. The molecule has 25 heavy (non-hydrogen) atoms. The number of alkyl halides is 3. The number of esters is 1. The van der Waals surface area contributed by atoms with Crippen LogP contribution >= 0.6 is 0 Å². The average Bonchev–Trinajstić information content (AvgIpc) is 2.56. The van der Waals surface area contributed by atoms with Gasteiger partial charge in [-0.05, 0) is 44.0 Å². The van der Waals surface area contributed by atoms with Crippen LogP contribution in [0.15, 0.2) is 24.3 Å². The zero-order chi connectivity index (χ0) is 18.4. The second-order valence-corrected chi connectivity index (χ2v) is 5.98. The number of hydrogen-bond acceptors (Lipinski definition) is 4. The van der Waals surface area contributed by atoms with Crippen LogP contribution in [0.1, 0.15) is 39.0 Å². The molecule has 1 N–H and O–H groups in total. The Hall–Kier alpha value is -2.25. The number of halogens is 3. The third kappa shape index (κ3) is 6.28. The van der Waals surface area contributed by atoms with Crippen molar-refractivity contribution in [3.8, 4) is 5.75 Å². The van der Waals surface area contributed by atoms with Gasteiger partial charge in [0.1, 0.15) is 5.75 Å². The largest absolute Gasteiger partial charge is 0.573 e. The Labute approximate surface area is 143 Å². The normalized spacial score (nSPS) is 16.8. The number of hydrogen-bond donors (Lipinski definition) is 1. The fourth-order valence-corrected chi connectivity index (χ4v) is 2.65. The van der Waals surface area contributed by atoms with Crippen LogP contribution in [0.4, 0.5) is 18.9 Å². The minimum Gasteiger partial charge on any atom is -0.452 e. The van der Waals surface area contributed by atoms with Crippen LogP contribution in [0, 0.1) is 5.92 Å². The van der Waals surface area contributed by atoms with Gasteiger partial charge < -0.3 is 14.8 Å². The van der Waals surface area contributed by atoms with E-state index >= 15 is 0 Å². The van der Waals surface area contributed by atoms with Gasteiger partial charge in [-0.3, -0.25) is 9.59 Å². The van der Waals surface area contributed by atoms with Crippen molar-refractivity contribution in [3.63, 3.8) is 0 Å².